The van der Waals surface area contributed by atoms with E-state index in [4.69, 9.17) is 14.2 Å². The normalized spacial score (nSPS) is 10.5. The number of anilines is 2. The van der Waals surface area contributed by atoms with Crippen LogP contribution in [0.3, 0.4) is 0 Å². The number of esters is 2. The van der Waals surface area contributed by atoms with E-state index in [0.29, 0.717) is 34.0 Å². The maximum Gasteiger partial charge on any atom is 0.340 e. The number of ether oxygens (including phenoxy) is 3. The number of rotatable bonds is 10. The third-order valence-corrected chi connectivity index (χ3v) is 7.29. The second-order valence-electron chi connectivity index (χ2n) is 8.53. The van der Waals surface area contributed by atoms with Crippen LogP contribution in [0.1, 0.15) is 31.8 Å². The van der Waals surface area contributed by atoms with Crippen LogP contribution in [0.15, 0.2) is 94.7 Å². The van der Waals surface area contributed by atoms with E-state index >= 15 is 0 Å². The van der Waals surface area contributed by atoms with E-state index in [9.17, 15) is 9.59 Å². The zero-order chi connectivity index (χ0) is 27.8. The van der Waals surface area contributed by atoms with Gasteiger partial charge in [-0.1, -0.05) is 35.4 Å². The highest BCUT2D eigenvalue weighted by Crippen LogP contribution is 2.33. The molecule has 0 bridgehead atoms. The van der Waals surface area contributed by atoms with Crippen molar-refractivity contribution in [1.29, 1.82) is 0 Å². The molecule has 0 aliphatic rings. The van der Waals surface area contributed by atoms with Crippen LogP contribution in [-0.2, 0) is 9.47 Å². The maximum absolute atomic E-state index is 12.5. The van der Waals surface area contributed by atoms with Gasteiger partial charge in [0.25, 0.3) is 0 Å². The van der Waals surface area contributed by atoms with Crippen molar-refractivity contribution in [1.82, 2.24) is 0 Å². The summed E-state index contributed by atoms with van der Waals surface area (Å²) in [4.78, 5) is 27.1. The van der Waals surface area contributed by atoms with Gasteiger partial charge in [-0.2, -0.15) is 0 Å². The molecule has 0 amide bonds. The Hall–Kier alpha value is -4.08. The van der Waals surface area contributed by atoms with Gasteiger partial charge in [-0.15, -0.1) is 0 Å². The Labute approximate surface area is 236 Å². The van der Waals surface area contributed by atoms with E-state index in [2.05, 4.69) is 9.44 Å². The first-order valence-electron chi connectivity index (χ1n) is 12.0. The number of methoxy groups -OCH3 is 2. The Bertz CT molecular complexity index is 1350. The summed E-state index contributed by atoms with van der Waals surface area (Å²) in [5, 5.41) is 0. The summed E-state index contributed by atoms with van der Waals surface area (Å²) < 4.78 is 22.4. The Morgan fingerprint density at radius 1 is 0.590 bits per heavy atom. The second kappa shape index (κ2) is 13.1. The first-order chi connectivity index (χ1) is 18.9. The number of carbonyl (C=O) groups is 2. The molecule has 0 saturated carbocycles. The molecule has 4 aromatic carbocycles. The molecule has 200 valence electrons. The van der Waals surface area contributed by atoms with Gasteiger partial charge in [0.1, 0.15) is 11.5 Å². The molecule has 9 heteroatoms. The third kappa shape index (κ3) is 7.49. The highest BCUT2D eigenvalue weighted by Gasteiger charge is 2.17. The van der Waals surface area contributed by atoms with Crippen LogP contribution in [0.2, 0.25) is 0 Å². The van der Waals surface area contributed by atoms with Gasteiger partial charge in [0, 0.05) is 9.79 Å². The lowest BCUT2D eigenvalue weighted by atomic mass is 10.1. The van der Waals surface area contributed by atoms with Gasteiger partial charge < -0.3 is 23.7 Å². The molecule has 0 unspecified atom stereocenters. The summed E-state index contributed by atoms with van der Waals surface area (Å²) in [5.74, 6) is -0.190. The van der Waals surface area contributed by atoms with Crippen molar-refractivity contribution in [2.75, 3.05) is 23.7 Å². The minimum absolute atomic E-state index is 0.315. The van der Waals surface area contributed by atoms with Gasteiger partial charge in [-0.05, 0) is 98.4 Å². The highest BCUT2D eigenvalue weighted by atomic mass is 32.2. The summed E-state index contributed by atoms with van der Waals surface area (Å²) in [7, 11) is 2.66. The van der Waals surface area contributed by atoms with Crippen LogP contribution >= 0.6 is 23.9 Å². The van der Waals surface area contributed by atoms with Crippen LogP contribution in [0.5, 0.6) is 11.5 Å². The molecule has 0 radical (unpaired) electrons. The molecule has 0 saturated heterocycles. The topological polar surface area (TPSA) is 85.9 Å². The van der Waals surface area contributed by atoms with E-state index in [0.717, 1.165) is 9.79 Å². The Balaban J connectivity index is 1.53. The molecule has 0 aromatic heterocycles. The van der Waals surface area contributed by atoms with Crippen molar-refractivity contribution in [2.45, 2.75) is 23.6 Å². The van der Waals surface area contributed by atoms with Crippen molar-refractivity contribution < 1.29 is 23.8 Å². The van der Waals surface area contributed by atoms with E-state index < -0.39 is 11.9 Å². The number of aryl methyl sites for hydroxylation is 2. The first-order valence-corrected chi connectivity index (χ1v) is 13.6. The number of carbonyl (C=O) groups excluding carboxylic acids is 2. The SMILES string of the molecule is COC(=O)c1cc(Oc2ccc(NSc3ccc(C)cc3)c(C(=O)OC)c2)ccc1NSc1ccc(C)cc1. The monoisotopic (exact) mass is 560 g/mol. The molecular weight excluding hydrogens is 532 g/mol. The quantitative estimate of drug-likeness (QED) is 0.148. The Morgan fingerprint density at radius 3 is 1.33 bits per heavy atom. The van der Waals surface area contributed by atoms with Crippen molar-refractivity contribution in [3.8, 4) is 11.5 Å². The number of nitrogens with one attached hydrogen (secondary N) is 2. The lowest BCUT2D eigenvalue weighted by molar-refractivity contribution is 0.0593. The van der Waals surface area contributed by atoms with Gasteiger partial charge in [0.2, 0.25) is 0 Å². The van der Waals surface area contributed by atoms with Crippen molar-refractivity contribution >= 4 is 47.2 Å². The molecule has 0 heterocycles. The van der Waals surface area contributed by atoms with Crippen molar-refractivity contribution in [2.24, 2.45) is 0 Å². The Morgan fingerprint density at radius 2 is 0.974 bits per heavy atom. The summed E-state index contributed by atoms with van der Waals surface area (Å²) in [6.07, 6.45) is 0. The Kier molecular flexibility index (Phi) is 9.40. The average molecular weight is 561 g/mol. The molecule has 0 aliphatic heterocycles. The maximum atomic E-state index is 12.5. The van der Waals surface area contributed by atoms with E-state index in [1.54, 1.807) is 36.4 Å². The van der Waals surface area contributed by atoms with Crippen LogP contribution in [-0.4, -0.2) is 26.2 Å². The predicted molar refractivity (Wildman–Crippen MR) is 157 cm³/mol. The fraction of sp³-hybridized carbons (Fsp3) is 0.133. The van der Waals surface area contributed by atoms with Crippen LogP contribution in [0.25, 0.3) is 0 Å². The lowest BCUT2D eigenvalue weighted by Gasteiger charge is -2.14. The molecule has 7 nitrogen and oxygen atoms in total. The number of hydrogen-bond donors (Lipinski definition) is 2. The molecule has 4 aromatic rings. The first kappa shape index (κ1) is 27.9. The number of benzene rings is 4. The van der Waals surface area contributed by atoms with Gasteiger partial charge >= 0.3 is 11.9 Å². The summed E-state index contributed by atoms with van der Waals surface area (Å²) in [6, 6.07) is 26.2. The summed E-state index contributed by atoms with van der Waals surface area (Å²) in [6.45, 7) is 4.05. The second-order valence-corrected chi connectivity index (χ2v) is 10.3. The van der Waals surface area contributed by atoms with E-state index in [-0.39, 0.29) is 0 Å². The van der Waals surface area contributed by atoms with Crippen molar-refractivity contribution in [3.63, 3.8) is 0 Å². The van der Waals surface area contributed by atoms with Crippen LogP contribution < -0.4 is 14.2 Å². The highest BCUT2D eigenvalue weighted by molar-refractivity contribution is 8.00. The van der Waals surface area contributed by atoms with E-state index in [1.165, 1.54) is 49.2 Å². The van der Waals surface area contributed by atoms with Crippen LogP contribution in [0.4, 0.5) is 11.4 Å². The summed E-state index contributed by atoms with van der Waals surface area (Å²) >= 11 is 2.78. The van der Waals surface area contributed by atoms with Crippen LogP contribution in [0, 0.1) is 13.8 Å². The van der Waals surface area contributed by atoms with E-state index in [1.807, 2.05) is 62.4 Å². The standard InChI is InChI=1S/C30H28N2O5S2/c1-19-5-11-23(12-6-19)38-31-27-15-9-21(17-25(27)29(33)35-3)37-22-10-16-28(26(18-22)30(34)36-4)32-39-24-13-7-20(2)8-14-24/h5-18,31-32H,1-4H3. The zero-order valence-electron chi connectivity index (χ0n) is 21.9. The number of hydrogen-bond acceptors (Lipinski definition) is 9. The minimum atomic E-state index is -0.504. The van der Waals surface area contributed by atoms with Gasteiger partial charge in [-0.25, -0.2) is 9.59 Å². The molecular formula is C30H28N2O5S2. The summed E-state index contributed by atoms with van der Waals surface area (Å²) in [5.41, 5.74) is 4.14. The minimum Gasteiger partial charge on any atom is -0.465 e. The fourth-order valence-electron chi connectivity index (χ4n) is 3.49. The van der Waals surface area contributed by atoms with Gasteiger partial charge in [-0.3, -0.25) is 0 Å². The lowest BCUT2D eigenvalue weighted by Crippen LogP contribution is -2.06. The van der Waals surface area contributed by atoms with Crippen molar-refractivity contribution in [3.05, 3.63) is 107 Å². The molecule has 0 spiro atoms. The molecule has 0 atom stereocenters. The smallest absolute Gasteiger partial charge is 0.340 e. The molecule has 39 heavy (non-hydrogen) atoms. The fourth-order valence-corrected chi connectivity index (χ4v) is 4.84. The molecule has 0 aliphatic carbocycles. The zero-order valence-corrected chi connectivity index (χ0v) is 23.6. The predicted octanol–water partition coefficient (Wildman–Crippen LogP) is 7.91. The van der Waals surface area contributed by atoms with Gasteiger partial charge in [0.15, 0.2) is 0 Å². The third-order valence-electron chi connectivity index (χ3n) is 5.63. The molecule has 0 fully saturated rings. The average Bonchev–Trinajstić information content (AvgIpc) is 2.96. The largest absolute Gasteiger partial charge is 0.465 e. The van der Waals surface area contributed by atoms with Gasteiger partial charge in [0.05, 0.1) is 36.7 Å². The molecule has 4 rings (SSSR count). The molecule has 2 N–H and O–H groups in total.